The minimum absolute atomic E-state index is 0.115. The maximum Gasteiger partial charge on any atom is 0.0564 e. The number of benzene rings is 1. The number of hydrogen-bond donors (Lipinski definition) is 1. The monoisotopic (exact) mass is 239 g/mol. The van der Waals surface area contributed by atoms with Gasteiger partial charge >= 0.3 is 0 Å². The van der Waals surface area contributed by atoms with Crippen LogP contribution >= 0.6 is 11.6 Å². The minimum Gasteiger partial charge on any atom is -0.380 e. The van der Waals surface area contributed by atoms with Crippen LogP contribution in [-0.4, -0.2) is 19.8 Å². The molecule has 0 saturated carbocycles. The van der Waals surface area contributed by atoms with E-state index >= 15 is 0 Å². The lowest BCUT2D eigenvalue weighted by Gasteiger charge is -2.29. The molecule has 0 radical (unpaired) electrons. The SMILES string of the molecule is Cc1cc(Cl)ccc1C1(CCN)CCOC1. The molecule has 1 aromatic carbocycles. The van der Waals surface area contributed by atoms with Crippen molar-refractivity contribution < 1.29 is 4.74 Å². The third kappa shape index (κ3) is 2.10. The fraction of sp³-hybridized carbons (Fsp3) is 0.538. The number of hydrogen-bond acceptors (Lipinski definition) is 2. The average molecular weight is 240 g/mol. The molecule has 0 aliphatic carbocycles. The van der Waals surface area contributed by atoms with Crippen LogP contribution in [0.3, 0.4) is 0 Å². The van der Waals surface area contributed by atoms with E-state index in [0.717, 1.165) is 31.1 Å². The molecule has 16 heavy (non-hydrogen) atoms. The van der Waals surface area contributed by atoms with Crippen molar-refractivity contribution in [3.63, 3.8) is 0 Å². The Morgan fingerprint density at radius 1 is 1.50 bits per heavy atom. The Hall–Kier alpha value is -0.570. The van der Waals surface area contributed by atoms with Gasteiger partial charge in [0, 0.05) is 17.0 Å². The first-order chi connectivity index (χ1) is 7.68. The van der Waals surface area contributed by atoms with Gasteiger partial charge in [-0.1, -0.05) is 17.7 Å². The number of nitrogens with two attached hydrogens (primary N) is 1. The Labute approximate surface area is 102 Å². The third-order valence-corrected chi connectivity index (χ3v) is 3.72. The summed E-state index contributed by atoms with van der Waals surface area (Å²) in [6, 6.07) is 6.11. The van der Waals surface area contributed by atoms with E-state index in [2.05, 4.69) is 13.0 Å². The molecule has 2 rings (SSSR count). The first kappa shape index (κ1) is 11.9. The predicted molar refractivity (Wildman–Crippen MR) is 67.0 cm³/mol. The van der Waals surface area contributed by atoms with Gasteiger partial charge in [-0.15, -0.1) is 0 Å². The van der Waals surface area contributed by atoms with Crippen molar-refractivity contribution in [1.29, 1.82) is 0 Å². The van der Waals surface area contributed by atoms with E-state index in [4.69, 9.17) is 22.1 Å². The molecule has 1 aliphatic heterocycles. The third-order valence-electron chi connectivity index (χ3n) is 3.49. The van der Waals surface area contributed by atoms with Crippen LogP contribution in [0.5, 0.6) is 0 Å². The van der Waals surface area contributed by atoms with E-state index < -0.39 is 0 Å². The van der Waals surface area contributed by atoms with Crippen LogP contribution < -0.4 is 5.73 Å². The van der Waals surface area contributed by atoms with Crippen LogP contribution in [0, 0.1) is 6.92 Å². The second-order valence-electron chi connectivity index (χ2n) is 4.58. The van der Waals surface area contributed by atoms with E-state index in [1.165, 1.54) is 11.1 Å². The largest absolute Gasteiger partial charge is 0.380 e. The number of rotatable bonds is 3. The van der Waals surface area contributed by atoms with Gasteiger partial charge in [0.2, 0.25) is 0 Å². The van der Waals surface area contributed by atoms with Crippen molar-refractivity contribution >= 4 is 11.6 Å². The average Bonchev–Trinajstić information content (AvgIpc) is 2.67. The van der Waals surface area contributed by atoms with Gasteiger partial charge in [0.05, 0.1) is 6.61 Å². The summed E-state index contributed by atoms with van der Waals surface area (Å²) < 4.78 is 5.56. The molecule has 1 heterocycles. The maximum absolute atomic E-state index is 5.99. The summed E-state index contributed by atoms with van der Waals surface area (Å²) in [6.07, 6.45) is 2.04. The fourth-order valence-corrected chi connectivity index (χ4v) is 2.88. The van der Waals surface area contributed by atoms with Gasteiger partial charge in [-0.3, -0.25) is 0 Å². The van der Waals surface area contributed by atoms with Crippen molar-refractivity contribution in [3.8, 4) is 0 Å². The zero-order valence-corrected chi connectivity index (χ0v) is 10.4. The van der Waals surface area contributed by atoms with Crippen LogP contribution in [0.15, 0.2) is 18.2 Å². The standard InChI is InChI=1S/C13H18ClNO/c1-10-8-11(14)2-3-12(10)13(4-6-15)5-7-16-9-13/h2-3,8H,4-7,9,15H2,1H3. The molecule has 0 bridgehead atoms. The highest BCUT2D eigenvalue weighted by Crippen LogP contribution is 2.38. The molecular weight excluding hydrogens is 222 g/mol. The molecule has 2 nitrogen and oxygen atoms in total. The van der Waals surface area contributed by atoms with Gasteiger partial charge in [0.25, 0.3) is 0 Å². The van der Waals surface area contributed by atoms with E-state index in [0.29, 0.717) is 6.54 Å². The summed E-state index contributed by atoms with van der Waals surface area (Å²) in [5.41, 5.74) is 8.43. The van der Waals surface area contributed by atoms with Crippen molar-refractivity contribution in [2.45, 2.75) is 25.2 Å². The fourth-order valence-electron chi connectivity index (χ4n) is 2.65. The lowest BCUT2D eigenvalue weighted by Crippen LogP contribution is -2.30. The summed E-state index contributed by atoms with van der Waals surface area (Å²) in [7, 11) is 0. The number of ether oxygens (including phenoxy) is 1. The summed E-state index contributed by atoms with van der Waals surface area (Å²) in [4.78, 5) is 0. The molecule has 88 valence electrons. The minimum atomic E-state index is 0.115. The molecule has 1 atom stereocenters. The quantitative estimate of drug-likeness (QED) is 0.880. The maximum atomic E-state index is 5.99. The van der Waals surface area contributed by atoms with Crippen LogP contribution in [0.25, 0.3) is 0 Å². The van der Waals surface area contributed by atoms with Gasteiger partial charge in [0.1, 0.15) is 0 Å². The van der Waals surface area contributed by atoms with Crippen LogP contribution in [0.2, 0.25) is 5.02 Å². The van der Waals surface area contributed by atoms with E-state index in [1.807, 2.05) is 12.1 Å². The molecule has 1 aliphatic rings. The molecule has 1 fully saturated rings. The number of halogens is 1. The van der Waals surface area contributed by atoms with Gasteiger partial charge < -0.3 is 10.5 Å². The lowest BCUT2D eigenvalue weighted by molar-refractivity contribution is 0.175. The Bertz CT molecular complexity index is 372. The van der Waals surface area contributed by atoms with Crippen molar-refractivity contribution in [2.75, 3.05) is 19.8 Å². The Morgan fingerprint density at radius 2 is 2.31 bits per heavy atom. The molecule has 1 aromatic rings. The van der Waals surface area contributed by atoms with Crippen molar-refractivity contribution in [1.82, 2.24) is 0 Å². The van der Waals surface area contributed by atoms with Crippen LogP contribution in [0.4, 0.5) is 0 Å². The normalized spacial score (nSPS) is 24.9. The van der Waals surface area contributed by atoms with Gasteiger partial charge in [-0.2, -0.15) is 0 Å². The summed E-state index contributed by atoms with van der Waals surface area (Å²) >= 11 is 5.99. The van der Waals surface area contributed by atoms with Crippen LogP contribution in [0.1, 0.15) is 24.0 Å². The second-order valence-corrected chi connectivity index (χ2v) is 5.02. The smallest absolute Gasteiger partial charge is 0.0564 e. The predicted octanol–water partition coefficient (Wildman–Crippen LogP) is 2.66. The molecule has 1 saturated heterocycles. The number of aryl methyl sites for hydroxylation is 1. The van der Waals surface area contributed by atoms with E-state index in [1.54, 1.807) is 0 Å². The summed E-state index contributed by atoms with van der Waals surface area (Å²) in [5, 5.41) is 0.795. The Kier molecular flexibility index (Phi) is 3.53. The molecule has 1 unspecified atom stereocenters. The topological polar surface area (TPSA) is 35.2 Å². The highest BCUT2D eigenvalue weighted by atomic mass is 35.5. The van der Waals surface area contributed by atoms with Gasteiger partial charge in [-0.25, -0.2) is 0 Å². The molecular formula is C13H18ClNO. The summed E-state index contributed by atoms with van der Waals surface area (Å²) in [5.74, 6) is 0. The molecule has 3 heteroatoms. The summed E-state index contributed by atoms with van der Waals surface area (Å²) in [6.45, 7) is 4.43. The molecule has 0 aromatic heterocycles. The first-order valence-electron chi connectivity index (χ1n) is 5.72. The lowest BCUT2D eigenvalue weighted by atomic mass is 9.75. The molecule has 2 N–H and O–H groups in total. The Balaban J connectivity index is 2.38. The van der Waals surface area contributed by atoms with E-state index in [-0.39, 0.29) is 5.41 Å². The van der Waals surface area contributed by atoms with E-state index in [9.17, 15) is 0 Å². The zero-order chi connectivity index (χ0) is 11.6. The highest BCUT2D eigenvalue weighted by Gasteiger charge is 2.36. The highest BCUT2D eigenvalue weighted by molar-refractivity contribution is 6.30. The Morgan fingerprint density at radius 3 is 2.88 bits per heavy atom. The van der Waals surface area contributed by atoms with Crippen molar-refractivity contribution in [2.24, 2.45) is 5.73 Å². The van der Waals surface area contributed by atoms with Gasteiger partial charge in [0.15, 0.2) is 0 Å². The molecule has 0 spiro atoms. The second kappa shape index (κ2) is 4.74. The first-order valence-corrected chi connectivity index (χ1v) is 6.10. The van der Waals surface area contributed by atoms with Crippen LogP contribution in [-0.2, 0) is 10.2 Å². The zero-order valence-electron chi connectivity index (χ0n) is 9.63. The van der Waals surface area contributed by atoms with Crippen molar-refractivity contribution in [3.05, 3.63) is 34.3 Å². The molecule has 0 amide bonds. The van der Waals surface area contributed by atoms with Gasteiger partial charge in [-0.05, 0) is 49.6 Å².